The molecule has 0 spiro atoms. The van der Waals surface area contributed by atoms with Gasteiger partial charge in [-0.3, -0.25) is 10.1 Å². The highest BCUT2D eigenvalue weighted by atomic mass is 16.7. The largest absolute Gasteiger partial charge is 0.519 e. The summed E-state index contributed by atoms with van der Waals surface area (Å²) in [6.07, 6.45) is -0.192. The van der Waals surface area contributed by atoms with E-state index >= 15 is 0 Å². The van der Waals surface area contributed by atoms with E-state index in [0.717, 1.165) is 16.7 Å². The second-order valence-electron chi connectivity index (χ2n) is 6.28. The average molecular weight is 361 g/mol. The highest BCUT2D eigenvalue weighted by molar-refractivity contribution is 5.80. The number of benzene rings is 3. The number of hydrogen-bond donors (Lipinski definition) is 0. The average Bonchev–Trinajstić information content (AvgIpc) is 3.03. The minimum Gasteiger partial charge on any atom is -0.394 e. The zero-order valence-electron chi connectivity index (χ0n) is 14.5. The zero-order chi connectivity index (χ0) is 19.0. The Balaban J connectivity index is 1.54. The first-order valence-electron chi connectivity index (χ1n) is 8.38. The van der Waals surface area contributed by atoms with E-state index in [4.69, 9.17) is 9.47 Å². The third-order valence-corrected chi connectivity index (χ3v) is 4.56. The molecular weight excluding hydrogens is 346 g/mol. The van der Waals surface area contributed by atoms with E-state index in [2.05, 4.69) is 6.07 Å². The molecule has 0 aliphatic heterocycles. The van der Waals surface area contributed by atoms with Crippen LogP contribution in [0.25, 0.3) is 11.1 Å². The molecule has 6 heteroatoms. The molecule has 4 rings (SSSR count). The monoisotopic (exact) mass is 361 g/mol. The van der Waals surface area contributed by atoms with Crippen LogP contribution >= 0.6 is 0 Å². The standard InChI is InChI=1S/C21H15NO5/c1-13-11-15(22(24)25)9-10-19(13)26-21(23)27-20-8-4-7-17-16-6-3-2-5-14(16)12-18(17)20/h2-11H,12H2,1H3. The lowest BCUT2D eigenvalue weighted by Gasteiger charge is -2.10. The van der Waals surface area contributed by atoms with Crippen molar-refractivity contribution in [2.24, 2.45) is 0 Å². The van der Waals surface area contributed by atoms with Crippen LogP contribution in [0.15, 0.2) is 60.7 Å². The molecule has 0 unspecified atom stereocenters. The predicted octanol–water partition coefficient (Wildman–Crippen LogP) is 5.05. The van der Waals surface area contributed by atoms with Crippen molar-refractivity contribution < 1.29 is 19.2 Å². The Labute approximate surface area is 155 Å². The fourth-order valence-corrected chi connectivity index (χ4v) is 3.29. The van der Waals surface area contributed by atoms with Gasteiger partial charge in [-0.1, -0.05) is 36.4 Å². The van der Waals surface area contributed by atoms with Crippen LogP contribution in [-0.4, -0.2) is 11.1 Å². The summed E-state index contributed by atoms with van der Waals surface area (Å²) in [5.74, 6) is 0.676. The van der Waals surface area contributed by atoms with E-state index in [1.165, 1.54) is 23.8 Å². The summed E-state index contributed by atoms with van der Waals surface area (Å²) in [7, 11) is 0. The molecule has 6 nitrogen and oxygen atoms in total. The summed E-state index contributed by atoms with van der Waals surface area (Å²) < 4.78 is 10.7. The maximum Gasteiger partial charge on any atom is 0.519 e. The van der Waals surface area contributed by atoms with E-state index in [-0.39, 0.29) is 11.4 Å². The first-order chi connectivity index (χ1) is 13.0. The molecule has 3 aromatic rings. The number of fused-ring (bicyclic) bond motifs is 3. The van der Waals surface area contributed by atoms with Gasteiger partial charge in [-0.15, -0.1) is 0 Å². The van der Waals surface area contributed by atoms with Gasteiger partial charge in [0.15, 0.2) is 0 Å². The number of nitro benzene ring substituents is 1. The van der Waals surface area contributed by atoms with Crippen molar-refractivity contribution >= 4 is 11.8 Å². The Hall–Kier alpha value is -3.67. The molecule has 0 aromatic heterocycles. The topological polar surface area (TPSA) is 78.7 Å². The van der Waals surface area contributed by atoms with Crippen LogP contribution in [-0.2, 0) is 6.42 Å². The van der Waals surface area contributed by atoms with Crippen molar-refractivity contribution in [3.8, 4) is 22.6 Å². The van der Waals surface area contributed by atoms with Gasteiger partial charge in [0.1, 0.15) is 11.5 Å². The summed E-state index contributed by atoms with van der Waals surface area (Å²) in [4.78, 5) is 22.6. The normalized spacial score (nSPS) is 11.4. The van der Waals surface area contributed by atoms with Crippen molar-refractivity contribution in [3.05, 3.63) is 87.5 Å². The SMILES string of the molecule is Cc1cc([N+](=O)[O-])ccc1OC(=O)Oc1cccc2c1Cc1ccccc1-2. The molecule has 0 atom stereocenters. The van der Waals surface area contributed by atoms with E-state index in [1.807, 2.05) is 30.3 Å². The number of aryl methyl sites for hydroxylation is 1. The zero-order valence-corrected chi connectivity index (χ0v) is 14.5. The van der Waals surface area contributed by atoms with Crippen LogP contribution in [0.1, 0.15) is 16.7 Å². The molecule has 0 radical (unpaired) electrons. The second kappa shape index (κ2) is 6.57. The van der Waals surface area contributed by atoms with Crippen LogP contribution in [0.3, 0.4) is 0 Å². The fourth-order valence-electron chi connectivity index (χ4n) is 3.29. The van der Waals surface area contributed by atoms with Gasteiger partial charge in [0, 0.05) is 24.1 Å². The number of carbonyl (C=O) groups is 1. The Morgan fingerprint density at radius 1 is 0.963 bits per heavy atom. The predicted molar refractivity (Wildman–Crippen MR) is 99.2 cm³/mol. The number of non-ortho nitro benzene ring substituents is 1. The van der Waals surface area contributed by atoms with Gasteiger partial charge in [-0.2, -0.15) is 0 Å². The summed E-state index contributed by atoms with van der Waals surface area (Å²) in [5, 5.41) is 10.8. The molecule has 0 amide bonds. The lowest BCUT2D eigenvalue weighted by atomic mass is 10.1. The molecule has 0 heterocycles. The first-order valence-corrected chi connectivity index (χ1v) is 8.38. The van der Waals surface area contributed by atoms with Crippen LogP contribution in [0.5, 0.6) is 11.5 Å². The quantitative estimate of drug-likeness (QED) is 0.221. The molecule has 3 aromatic carbocycles. The number of rotatable bonds is 3. The fraction of sp³-hybridized carbons (Fsp3) is 0.0952. The Morgan fingerprint density at radius 3 is 2.48 bits per heavy atom. The van der Waals surface area contributed by atoms with Crippen molar-refractivity contribution in [2.75, 3.05) is 0 Å². The van der Waals surface area contributed by atoms with Gasteiger partial charge < -0.3 is 9.47 Å². The number of ether oxygens (including phenoxy) is 2. The molecule has 0 N–H and O–H groups in total. The molecule has 0 bridgehead atoms. The highest BCUT2D eigenvalue weighted by Crippen LogP contribution is 2.41. The minimum atomic E-state index is -0.878. The van der Waals surface area contributed by atoms with Crippen molar-refractivity contribution in [3.63, 3.8) is 0 Å². The molecule has 134 valence electrons. The van der Waals surface area contributed by atoms with Gasteiger partial charge in [-0.25, -0.2) is 4.79 Å². The summed E-state index contributed by atoms with van der Waals surface area (Å²) >= 11 is 0. The third kappa shape index (κ3) is 3.13. The van der Waals surface area contributed by atoms with E-state index in [0.29, 0.717) is 17.7 Å². The Kier molecular flexibility index (Phi) is 4.08. The van der Waals surface area contributed by atoms with Crippen LogP contribution in [0.4, 0.5) is 10.5 Å². The number of hydrogen-bond acceptors (Lipinski definition) is 5. The molecule has 27 heavy (non-hydrogen) atoms. The van der Waals surface area contributed by atoms with Gasteiger partial charge in [-0.05, 0) is 41.3 Å². The minimum absolute atomic E-state index is 0.0631. The molecule has 0 saturated heterocycles. The van der Waals surface area contributed by atoms with Crippen molar-refractivity contribution in [1.29, 1.82) is 0 Å². The maximum atomic E-state index is 12.2. The third-order valence-electron chi connectivity index (χ3n) is 4.56. The van der Waals surface area contributed by atoms with Crippen LogP contribution in [0.2, 0.25) is 0 Å². The van der Waals surface area contributed by atoms with Gasteiger partial charge in [0.2, 0.25) is 0 Å². The van der Waals surface area contributed by atoms with E-state index < -0.39 is 11.1 Å². The first kappa shape index (κ1) is 16.8. The molecular formula is C21H15NO5. The second-order valence-corrected chi connectivity index (χ2v) is 6.28. The van der Waals surface area contributed by atoms with Gasteiger partial charge in [0.25, 0.3) is 5.69 Å². The summed E-state index contributed by atoms with van der Waals surface area (Å²) in [6, 6.07) is 17.6. The van der Waals surface area contributed by atoms with E-state index in [1.54, 1.807) is 13.0 Å². The van der Waals surface area contributed by atoms with Gasteiger partial charge >= 0.3 is 6.16 Å². The number of nitro groups is 1. The molecule has 0 saturated carbocycles. The lowest BCUT2D eigenvalue weighted by Crippen LogP contribution is -2.15. The maximum absolute atomic E-state index is 12.2. The smallest absolute Gasteiger partial charge is 0.394 e. The van der Waals surface area contributed by atoms with Gasteiger partial charge in [0.05, 0.1) is 4.92 Å². The van der Waals surface area contributed by atoms with Crippen LogP contribution in [0, 0.1) is 17.0 Å². The van der Waals surface area contributed by atoms with Crippen molar-refractivity contribution in [1.82, 2.24) is 0 Å². The van der Waals surface area contributed by atoms with Crippen molar-refractivity contribution in [2.45, 2.75) is 13.3 Å². The summed E-state index contributed by atoms with van der Waals surface area (Å²) in [6.45, 7) is 1.63. The Bertz CT molecular complexity index is 1070. The van der Waals surface area contributed by atoms with Crippen LogP contribution < -0.4 is 9.47 Å². The number of carbonyl (C=O) groups excluding carboxylic acids is 1. The Morgan fingerprint density at radius 2 is 1.70 bits per heavy atom. The lowest BCUT2D eigenvalue weighted by molar-refractivity contribution is -0.384. The summed E-state index contributed by atoms with van der Waals surface area (Å²) in [5.41, 5.74) is 4.72. The molecule has 0 fully saturated rings. The van der Waals surface area contributed by atoms with E-state index in [9.17, 15) is 14.9 Å². The highest BCUT2D eigenvalue weighted by Gasteiger charge is 2.23. The molecule has 1 aliphatic carbocycles. The number of nitrogens with zero attached hydrogens (tertiary/aromatic N) is 1. The molecule has 1 aliphatic rings.